The Morgan fingerprint density at radius 2 is 2.21 bits per heavy atom. The first-order chi connectivity index (χ1) is 11.5. The molecule has 0 saturated heterocycles. The summed E-state index contributed by atoms with van der Waals surface area (Å²) in [5.41, 5.74) is 1.10. The molecule has 0 fully saturated rings. The Kier molecular flexibility index (Phi) is 4.32. The molecule has 0 N–H and O–H groups in total. The van der Waals surface area contributed by atoms with Gasteiger partial charge in [-0.15, -0.1) is 10.2 Å². The largest absolute Gasteiger partial charge is 0.459 e. The third-order valence-corrected chi connectivity index (χ3v) is 3.00. The molecule has 2 aromatic heterocycles. The average molecular weight is 328 g/mol. The number of aryl methyl sites for hydroxylation is 1. The van der Waals surface area contributed by atoms with Gasteiger partial charge >= 0.3 is 5.97 Å². The zero-order valence-electron chi connectivity index (χ0n) is 13.5. The van der Waals surface area contributed by atoms with Gasteiger partial charge in [-0.25, -0.2) is 4.79 Å². The number of hydrogen-bond acceptors (Lipinski definition) is 8. The van der Waals surface area contributed by atoms with Gasteiger partial charge in [0.15, 0.2) is 5.82 Å². The van der Waals surface area contributed by atoms with Crippen LogP contribution in [0, 0.1) is 6.92 Å². The standard InChI is InChI=1S/C15H16N6O3/c1-9(2)23-15(22)12-6-4-5-11(7-12)14-17-20-21(18-14)8-13-16-10(3)19-24-13/h4-7,9H,8H2,1-3H3. The first-order valence-corrected chi connectivity index (χ1v) is 7.39. The van der Waals surface area contributed by atoms with Gasteiger partial charge in [-0.3, -0.25) is 0 Å². The Bertz CT molecular complexity index is 854. The Morgan fingerprint density at radius 3 is 2.92 bits per heavy atom. The second kappa shape index (κ2) is 6.57. The zero-order chi connectivity index (χ0) is 17.1. The molecule has 9 nitrogen and oxygen atoms in total. The fraction of sp³-hybridized carbons (Fsp3) is 0.333. The van der Waals surface area contributed by atoms with Crippen LogP contribution in [0.5, 0.6) is 0 Å². The van der Waals surface area contributed by atoms with Crippen molar-refractivity contribution in [2.75, 3.05) is 0 Å². The van der Waals surface area contributed by atoms with Crippen molar-refractivity contribution >= 4 is 5.97 Å². The van der Waals surface area contributed by atoms with Gasteiger partial charge < -0.3 is 9.26 Å². The molecule has 2 heterocycles. The van der Waals surface area contributed by atoms with Crippen LogP contribution < -0.4 is 0 Å². The molecule has 0 aliphatic heterocycles. The quantitative estimate of drug-likeness (QED) is 0.650. The van der Waals surface area contributed by atoms with E-state index in [0.29, 0.717) is 28.7 Å². The minimum absolute atomic E-state index is 0.182. The average Bonchev–Trinajstić information content (AvgIpc) is 3.16. The lowest BCUT2D eigenvalue weighted by atomic mass is 10.1. The first kappa shape index (κ1) is 15.8. The van der Waals surface area contributed by atoms with Crippen LogP contribution in [0.2, 0.25) is 0 Å². The van der Waals surface area contributed by atoms with Crippen molar-refractivity contribution in [3.05, 3.63) is 41.5 Å². The smallest absolute Gasteiger partial charge is 0.338 e. The van der Waals surface area contributed by atoms with Gasteiger partial charge in [0.05, 0.1) is 11.7 Å². The van der Waals surface area contributed by atoms with Gasteiger partial charge in [0.2, 0.25) is 11.7 Å². The summed E-state index contributed by atoms with van der Waals surface area (Å²) in [4.78, 5) is 17.4. The predicted octanol–water partition coefficient (Wildman–Crippen LogP) is 1.65. The minimum atomic E-state index is -0.388. The lowest BCUT2D eigenvalue weighted by Crippen LogP contribution is -2.11. The van der Waals surface area contributed by atoms with E-state index in [2.05, 4.69) is 25.6 Å². The highest BCUT2D eigenvalue weighted by molar-refractivity contribution is 5.90. The molecule has 0 bridgehead atoms. The van der Waals surface area contributed by atoms with Gasteiger partial charge in [0.25, 0.3) is 0 Å². The normalized spacial score (nSPS) is 11.0. The highest BCUT2D eigenvalue weighted by Gasteiger charge is 2.13. The lowest BCUT2D eigenvalue weighted by Gasteiger charge is -2.08. The van der Waals surface area contributed by atoms with Crippen molar-refractivity contribution in [1.29, 1.82) is 0 Å². The summed E-state index contributed by atoms with van der Waals surface area (Å²) in [7, 11) is 0. The summed E-state index contributed by atoms with van der Waals surface area (Å²) in [6.45, 7) is 5.56. The number of tetrazole rings is 1. The molecule has 24 heavy (non-hydrogen) atoms. The fourth-order valence-electron chi connectivity index (χ4n) is 2.02. The Morgan fingerprint density at radius 1 is 1.38 bits per heavy atom. The van der Waals surface area contributed by atoms with E-state index in [9.17, 15) is 4.79 Å². The molecule has 9 heteroatoms. The van der Waals surface area contributed by atoms with Gasteiger partial charge in [-0.05, 0) is 38.1 Å². The number of carbonyl (C=O) groups is 1. The predicted molar refractivity (Wildman–Crippen MR) is 81.9 cm³/mol. The van der Waals surface area contributed by atoms with Crippen molar-refractivity contribution in [3.8, 4) is 11.4 Å². The van der Waals surface area contributed by atoms with E-state index in [1.54, 1.807) is 45.0 Å². The number of esters is 1. The molecule has 0 amide bonds. The maximum atomic E-state index is 12.0. The third-order valence-electron chi connectivity index (χ3n) is 3.00. The number of aromatic nitrogens is 6. The highest BCUT2D eigenvalue weighted by Crippen LogP contribution is 2.16. The maximum absolute atomic E-state index is 12.0. The summed E-state index contributed by atoms with van der Waals surface area (Å²) in [6, 6.07) is 6.89. The van der Waals surface area contributed by atoms with E-state index >= 15 is 0 Å². The summed E-state index contributed by atoms with van der Waals surface area (Å²) in [6.07, 6.45) is -0.182. The number of ether oxygens (including phenoxy) is 1. The summed E-state index contributed by atoms with van der Waals surface area (Å²) >= 11 is 0. The van der Waals surface area contributed by atoms with E-state index in [4.69, 9.17) is 9.26 Å². The van der Waals surface area contributed by atoms with Crippen LogP contribution >= 0.6 is 0 Å². The molecule has 0 unspecified atom stereocenters. The van der Waals surface area contributed by atoms with E-state index in [1.807, 2.05) is 0 Å². The van der Waals surface area contributed by atoms with Gasteiger partial charge in [0.1, 0.15) is 6.54 Å². The molecule has 124 valence electrons. The van der Waals surface area contributed by atoms with Crippen molar-refractivity contribution in [2.45, 2.75) is 33.4 Å². The van der Waals surface area contributed by atoms with Gasteiger partial charge in [-0.1, -0.05) is 17.3 Å². The molecule has 0 atom stereocenters. The Labute approximate surface area is 137 Å². The summed E-state index contributed by atoms with van der Waals surface area (Å²) < 4.78 is 10.2. The molecule has 0 saturated carbocycles. The van der Waals surface area contributed by atoms with E-state index in [1.165, 1.54) is 4.80 Å². The number of hydrogen-bond donors (Lipinski definition) is 0. The van der Waals surface area contributed by atoms with Crippen molar-refractivity contribution in [3.63, 3.8) is 0 Å². The molecule has 1 aromatic carbocycles. The van der Waals surface area contributed by atoms with Crippen molar-refractivity contribution in [2.24, 2.45) is 0 Å². The van der Waals surface area contributed by atoms with E-state index < -0.39 is 0 Å². The van der Waals surface area contributed by atoms with Crippen LogP contribution in [0.4, 0.5) is 0 Å². The van der Waals surface area contributed by atoms with Crippen LogP contribution in [0.3, 0.4) is 0 Å². The highest BCUT2D eigenvalue weighted by atomic mass is 16.5. The fourth-order valence-corrected chi connectivity index (χ4v) is 2.02. The minimum Gasteiger partial charge on any atom is -0.459 e. The molecule has 0 spiro atoms. The molecule has 3 aromatic rings. The molecule has 0 aliphatic carbocycles. The SMILES string of the molecule is Cc1noc(Cn2nnc(-c3cccc(C(=O)OC(C)C)c3)n2)n1. The second-order valence-corrected chi connectivity index (χ2v) is 5.41. The maximum Gasteiger partial charge on any atom is 0.338 e. The summed E-state index contributed by atoms with van der Waals surface area (Å²) in [5, 5.41) is 15.9. The van der Waals surface area contributed by atoms with Crippen LogP contribution in [0.1, 0.15) is 35.9 Å². The van der Waals surface area contributed by atoms with Gasteiger partial charge in [-0.2, -0.15) is 9.78 Å². The van der Waals surface area contributed by atoms with E-state index in [0.717, 1.165) is 0 Å². The summed E-state index contributed by atoms with van der Waals surface area (Å²) in [5.74, 6) is 0.943. The molecule has 0 aliphatic rings. The second-order valence-electron chi connectivity index (χ2n) is 5.41. The molecular formula is C15H16N6O3. The number of benzene rings is 1. The van der Waals surface area contributed by atoms with Crippen molar-refractivity contribution in [1.82, 2.24) is 30.3 Å². The lowest BCUT2D eigenvalue weighted by molar-refractivity contribution is 0.0378. The third kappa shape index (κ3) is 3.62. The zero-order valence-corrected chi connectivity index (χ0v) is 13.5. The van der Waals surface area contributed by atoms with Gasteiger partial charge in [0, 0.05) is 5.56 Å². The number of nitrogens with zero attached hydrogens (tertiary/aromatic N) is 6. The molecule has 3 rings (SSSR count). The topological polar surface area (TPSA) is 109 Å². The monoisotopic (exact) mass is 328 g/mol. The number of rotatable bonds is 5. The molecule has 0 radical (unpaired) electrons. The van der Waals surface area contributed by atoms with Crippen molar-refractivity contribution < 1.29 is 14.1 Å². The first-order valence-electron chi connectivity index (χ1n) is 7.39. The number of carbonyl (C=O) groups excluding carboxylic acids is 1. The van der Waals surface area contributed by atoms with Crippen LogP contribution in [-0.2, 0) is 11.3 Å². The van der Waals surface area contributed by atoms with Crippen LogP contribution in [0.25, 0.3) is 11.4 Å². The Balaban J connectivity index is 1.78. The molecular weight excluding hydrogens is 312 g/mol. The van der Waals surface area contributed by atoms with Crippen LogP contribution in [-0.4, -0.2) is 42.4 Å². The van der Waals surface area contributed by atoms with Crippen LogP contribution in [0.15, 0.2) is 28.8 Å². The van der Waals surface area contributed by atoms with E-state index in [-0.39, 0.29) is 18.6 Å². The Hall–Kier alpha value is -3.10.